The molecule has 1 aromatic rings. The molecule has 0 bridgehead atoms. The van der Waals surface area contributed by atoms with Gasteiger partial charge in [0.15, 0.2) is 0 Å². The smallest absolute Gasteiger partial charge is 0.272 e. The van der Waals surface area contributed by atoms with Gasteiger partial charge in [0, 0.05) is 11.4 Å². The van der Waals surface area contributed by atoms with E-state index in [0.717, 1.165) is 16.2 Å². The van der Waals surface area contributed by atoms with Gasteiger partial charge in [0.1, 0.15) is 0 Å². The molecule has 0 fully saturated rings. The highest BCUT2D eigenvalue weighted by Crippen LogP contribution is 2.26. The molecule has 0 saturated heterocycles. The Kier molecular flexibility index (Phi) is 2.34. The number of hydrogen-bond donors (Lipinski definition) is 1. The Morgan fingerprint density at radius 2 is 2.20 bits per heavy atom. The van der Waals surface area contributed by atoms with Gasteiger partial charge in [0.05, 0.1) is 4.88 Å². The molecule has 0 aromatic carbocycles. The first-order valence-electron chi connectivity index (χ1n) is 2.81. The third-order valence-corrected chi connectivity index (χ3v) is 2.21. The van der Waals surface area contributed by atoms with E-state index in [0.29, 0.717) is 6.54 Å². The van der Waals surface area contributed by atoms with Crippen molar-refractivity contribution in [1.29, 1.82) is 0 Å². The van der Waals surface area contributed by atoms with Gasteiger partial charge in [-0.1, -0.05) is 0 Å². The molecule has 0 saturated carbocycles. The quantitative estimate of drug-likeness (QED) is 0.710. The second kappa shape index (κ2) is 3.07. The van der Waals surface area contributed by atoms with Crippen LogP contribution in [0.3, 0.4) is 0 Å². The van der Waals surface area contributed by atoms with Gasteiger partial charge in [-0.2, -0.15) is 0 Å². The SMILES string of the molecule is NCc1ccc(C(F)F)s1. The molecule has 2 N–H and O–H groups in total. The summed E-state index contributed by atoms with van der Waals surface area (Å²) in [5, 5.41) is 0. The van der Waals surface area contributed by atoms with E-state index in [1.54, 1.807) is 6.07 Å². The van der Waals surface area contributed by atoms with Crippen molar-refractivity contribution in [1.82, 2.24) is 0 Å². The van der Waals surface area contributed by atoms with Crippen LogP contribution in [0.5, 0.6) is 0 Å². The van der Waals surface area contributed by atoms with Crippen LogP contribution in [0.1, 0.15) is 16.2 Å². The summed E-state index contributed by atoms with van der Waals surface area (Å²) in [6.45, 7) is 0.345. The van der Waals surface area contributed by atoms with E-state index >= 15 is 0 Å². The Balaban J connectivity index is 2.78. The molecule has 56 valence electrons. The molecule has 0 aliphatic heterocycles. The topological polar surface area (TPSA) is 26.0 Å². The number of hydrogen-bond acceptors (Lipinski definition) is 2. The van der Waals surface area contributed by atoms with Crippen molar-refractivity contribution >= 4 is 11.3 Å². The number of alkyl halides is 2. The zero-order valence-electron chi connectivity index (χ0n) is 5.18. The fourth-order valence-corrected chi connectivity index (χ4v) is 1.37. The van der Waals surface area contributed by atoms with Crippen LogP contribution in [0.4, 0.5) is 8.78 Å². The second-order valence-corrected chi connectivity index (χ2v) is 3.01. The van der Waals surface area contributed by atoms with Crippen LogP contribution in [-0.4, -0.2) is 0 Å². The van der Waals surface area contributed by atoms with Gasteiger partial charge in [-0.05, 0) is 12.1 Å². The molecule has 1 rings (SSSR count). The van der Waals surface area contributed by atoms with E-state index in [9.17, 15) is 8.78 Å². The Morgan fingerprint density at radius 1 is 1.50 bits per heavy atom. The summed E-state index contributed by atoms with van der Waals surface area (Å²) in [6, 6.07) is 3.05. The van der Waals surface area contributed by atoms with E-state index in [4.69, 9.17) is 5.73 Å². The molecule has 4 heteroatoms. The average molecular weight is 163 g/mol. The fourth-order valence-electron chi connectivity index (χ4n) is 0.621. The van der Waals surface area contributed by atoms with Crippen LogP contribution in [-0.2, 0) is 6.54 Å². The molecule has 0 radical (unpaired) electrons. The largest absolute Gasteiger partial charge is 0.326 e. The fraction of sp³-hybridized carbons (Fsp3) is 0.333. The molecule has 1 heterocycles. The summed E-state index contributed by atoms with van der Waals surface area (Å²) in [6.07, 6.45) is -2.36. The summed E-state index contributed by atoms with van der Waals surface area (Å²) < 4.78 is 23.8. The number of rotatable bonds is 2. The van der Waals surface area contributed by atoms with E-state index < -0.39 is 6.43 Å². The summed E-state index contributed by atoms with van der Waals surface area (Å²) >= 11 is 1.07. The van der Waals surface area contributed by atoms with Crippen LogP contribution in [0.15, 0.2) is 12.1 Å². The Morgan fingerprint density at radius 3 is 2.50 bits per heavy atom. The molecule has 0 spiro atoms. The normalized spacial score (nSPS) is 10.8. The number of nitrogens with two attached hydrogens (primary N) is 1. The van der Waals surface area contributed by atoms with E-state index in [1.807, 2.05) is 0 Å². The highest BCUT2D eigenvalue weighted by molar-refractivity contribution is 7.12. The highest BCUT2D eigenvalue weighted by Gasteiger charge is 2.08. The van der Waals surface area contributed by atoms with E-state index in [2.05, 4.69) is 0 Å². The summed E-state index contributed by atoms with van der Waals surface area (Å²) in [5.41, 5.74) is 5.23. The van der Waals surface area contributed by atoms with Crippen molar-refractivity contribution in [3.63, 3.8) is 0 Å². The van der Waals surface area contributed by atoms with Gasteiger partial charge in [-0.25, -0.2) is 8.78 Å². The van der Waals surface area contributed by atoms with Gasteiger partial charge >= 0.3 is 0 Å². The summed E-state index contributed by atoms with van der Waals surface area (Å²) in [5.74, 6) is 0. The third-order valence-electron chi connectivity index (χ3n) is 1.10. The van der Waals surface area contributed by atoms with Crippen LogP contribution < -0.4 is 5.73 Å². The predicted molar refractivity (Wildman–Crippen MR) is 37.2 cm³/mol. The third kappa shape index (κ3) is 1.52. The maximum atomic E-state index is 11.9. The molecule has 1 nitrogen and oxygen atoms in total. The first-order chi connectivity index (χ1) is 4.74. The Labute approximate surface area is 61.5 Å². The van der Waals surface area contributed by atoms with Gasteiger partial charge in [0.2, 0.25) is 0 Å². The van der Waals surface area contributed by atoms with Crippen molar-refractivity contribution in [3.05, 3.63) is 21.9 Å². The maximum Gasteiger partial charge on any atom is 0.272 e. The lowest BCUT2D eigenvalue weighted by atomic mass is 10.4. The summed E-state index contributed by atoms with van der Waals surface area (Å²) in [7, 11) is 0. The Bertz CT molecular complexity index is 209. The second-order valence-electron chi connectivity index (χ2n) is 1.81. The van der Waals surface area contributed by atoms with E-state index in [-0.39, 0.29) is 4.88 Å². The maximum absolute atomic E-state index is 11.9. The zero-order valence-corrected chi connectivity index (χ0v) is 6.00. The van der Waals surface area contributed by atoms with E-state index in [1.165, 1.54) is 6.07 Å². The minimum absolute atomic E-state index is 0.0976. The minimum atomic E-state index is -2.36. The lowest BCUT2D eigenvalue weighted by Gasteiger charge is -1.89. The van der Waals surface area contributed by atoms with Crippen molar-refractivity contribution in [2.75, 3.05) is 0 Å². The molecular formula is C6H7F2NS. The van der Waals surface area contributed by atoms with Gasteiger partial charge in [-0.3, -0.25) is 0 Å². The lowest BCUT2D eigenvalue weighted by Crippen LogP contribution is -1.91. The number of halogens is 2. The molecular weight excluding hydrogens is 156 g/mol. The standard InChI is InChI=1S/C6H7F2NS/c7-6(8)5-2-1-4(3-9)10-5/h1-2,6H,3,9H2. The van der Waals surface area contributed by atoms with Gasteiger partial charge in [-0.15, -0.1) is 11.3 Å². The highest BCUT2D eigenvalue weighted by atomic mass is 32.1. The monoisotopic (exact) mass is 163 g/mol. The minimum Gasteiger partial charge on any atom is -0.326 e. The van der Waals surface area contributed by atoms with Crippen molar-refractivity contribution in [3.8, 4) is 0 Å². The first kappa shape index (κ1) is 7.63. The van der Waals surface area contributed by atoms with Crippen LogP contribution in [0.2, 0.25) is 0 Å². The average Bonchev–Trinajstić information content (AvgIpc) is 2.34. The van der Waals surface area contributed by atoms with Crippen molar-refractivity contribution in [2.24, 2.45) is 5.73 Å². The molecule has 0 unspecified atom stereocenters. The molecule has 0 atom stereocenters. The molecule has 10 heavy (non-hydrogen) atoms. The van der Waals surface area contributed by atoms with Crippen LogP contribution in [0, 0.1) is 0 Å². The van der Waals surface area contributed by atoms with Crippen molar-refractivity contribution < 1.29 is 8.78 Å². The van der Waals surface area contributed by atoms with Crippen LogP contribution in [0.25, 0.3) is 0 Å². The molecule has 0 aliphatic rings. The molecule has 1 aromatic heterocycles. The first-order valence-corrected chi connectivity index (χ1v) is 3.62. The van der Waals surface area contributed by atoms with Gasteiger partial charge < -0.3 is 5.73 Å². The Hall–Kier alpha value is -0.480. The molecule has 0 amide bonds. The number of thiophene rings is 1. The van der Waals surface area contributed by atoms with Gasteiger partial charge in [0.25, 0.3) is 6.43 Å². The lowest BCUT2D eigenvalue weighted by molar-refractivity contribution is 0.155. The van der Waals surface area contributed by atoms with Crippen molar-refractivity contribution in [2.45, 2.75) is 13.0 Å². The predicted octanol–water partition coefficient (Wildman–Crippen LogP) is 2.14. The zero-order chi connectivity index (χ0) is 7.56. The summed E-state index contributed by atoms with van der Waals surface area (Å²) in [4.78, 5) is 0.899. The molecule has 0 aliphatic carbocycles. The van der Waals surface area contributed by atoms with Crippen LogP contribution >= 0.6 is 11.3 Å².